The summed E-state index contributed by atoms with van der Waals surface area (Å²) >= 11 is 0. The van der Waals surface area contributed by atoms with Crippen LogP contribution in [0.5, 0.6) is 5.75 Å². The number of nitrogens with one attached hydrogen (secondary N) is 1. The molecule has 42 heavy (non-hydrogen) atoms. The molecular formula is C29H39N3O8S2. The number of rotatable bonds is 17. The molecule has 1 amide bonds. The number of carbonyl (C=O) groups excluding carboxylic acids is 3. The van der Waals surface area contributed by atoms with Gasteiger partial charge in [0.2, 0.25) is 5.91 Å². The number of hydrogen-bond donors (Lipinski definition) is 2. The molecule has 1 aromatic carbocycles. The molecule has 0 spiro atoms. The molecule has 2 rings (SSSR count). The zero-order chi connectivity index (χ0) is 31.1. The Morgan fingerprint density at radius 3 is 2.52 bits per heavy atom. The van der Waals surface area contributed by atoms with E-state index in [-0.39, 0.29) is 59.7 Å². The number of hydrogen-bond acceptors (Lipinski definition) is 11. The Balaban J connectivity index is 1.77. The van der Waals surface area contributed by atoms with E-state index in [1.807, 2.05) is 32.9 Å². The van der Waals surface area contributed by atoms with Crippen molar-refractivity contribution in [1.29, 1.82) is 0 Å². The van der Waals surface area contributed by atoms with Crippen LogP contribution in [-0.4, -0.2) is 57.4 Å². The van der Waals surface area contributed by atoms with Crippen molar-refractivity contribution in [1.82, 2.24) is 10.3 Å². The molecule has 0 saturated heterocycles. The van der Waals surface area contributed by atoms with Crippen LogP contribution in [0.15, 0.2) is 47.6 Å². The van der Waals surface area contributed by atoms with Gasteiger partial charge in [0.1, 0.15) is 24.5 Å². The third kappa shape index (κ3) is 14.0. The maximum atomic E-state index is 12.7. The SMILES string of the molecule is C[C@@H](C[C@@H](CCCC(=O)OC(C)(C)C)Cc1ccc(O)cc1)C(=O)NCC(=O)OCCSSc1ncccc1[N+](=O)[O-]. The Morgan fingerprint density at radius 2 is 1.86 bits per heavy atom. The normalized spacial score (nSPS) is 12.7. The molecule has 0 radical (unpaired) electrons. The zero-order valence-corrected chi connectivity index (χ0v) is 26.0. The van der Waals surface area contributed by atoms with Crippen molar-refractivity contribution in [2.24, 2.45) is 11.8 Å². The van der Waals surface area contributed by atoms with E-state index in [0.717, 1.165) is 16.4 Å². The number of nitrogens with zero attached hydrogens (tertiary/aromatic N) is 2. The average molecular weight is 622 g/mol. The molecule has 0 unspecified atom stereocenters. The highest BCUT2D eigenvalue weighted by molar-refractivity contribution is 8.76. The number of carbonyl (C=O) groups is 3. The standard InChI is InChI=1S/C29H39N3O8S2/c1-20(17-22(18-21-10-12-23(33)13-11-21)7-5-9-25(34)40-29(2,3)4)27(36)31-19-26(35)39-15-16-41-42-28-24(32(37)38)8-6-14-30-28/h6,8,10-14,20,22,33H,5,7,9,15-19H2,1-4H3,(H,31,36)/t20-,22+/m0/s1. The Labute approximate surface area is 254 Å². The largest absolute Gasteiger partial charge is 0.508 e. The summed E-state index contributed by atoms with van der Waals surface area (Å²) in [5, 5.41) is 23.5. The van der Waals surface area contributed by atoms with Crippen molar-refractivity contribution in [2.75, 3.05) is 18.9 Å². The van der Waals surface area contributed by atoms with Gasteiger partial charge in [-0.3, -0.25) is 24.5 Å². The number of benzene rings is 1. The van der Waals surface area contributed by atoms with Gasteiger partial charge in [-0.2, -0.15) is 0 Å². The number of amides is 1. The highest BCUT2D eigenvalue weighted by Crippen LogP contribution is 2.35. The van der Waals surface area contributed by atoms with Crippen molar-refractivity contribution in [3.8, 4) is 5.75 Å². The fourth-order valence-electron chi connectivity index (χ4n) is 4.06. The van der Waals surface area contributed by atoms with Gasteiger partial charge in [-0.15, -0.1) is 0 Å². The van der Waals surface area contributed by atoms with Crippen molar-refractivity contribution in [2.45, 2.75) is 70.4 Å². The maximum Gasteiger partial charge on any atom is 0.325 e. The average Bonchev–Trinajstić information content (AvgIpc) is 2.91. The summed E-state index contributed by atoms with van der Waals surface area (Å²) in [5.74, 6) is -0.849. The first-order chi connectivity index (χ1) is 19.8. The zero-order valence-electron chi connectivity index (χ0n) is 24.4. The van der Waals surface area contributed by atoms with Crippen molar-refractivity contribution in [3.05, 3.63) is 58.3 Å². The molecule has 230 valence electrons. The molecule has 0 aliphatic rings. The molecule has 0 bridgehead atoms. The van der Waals surface area contributed by atoms with Gasteiger partial charge in [-0.25, -0.2) is 4.98 Å². The van der Waals surface area contributed by atoms with Gasteiger partial charge in [0.25, 0.3) is 0 Å². The van der Waals surface area contributed by atoms with Crippen LogP contribution in [-0.2, 0) is 30.3 Å². The Bertz CT molecular complexity index is 1190. The Hall–Kier alpha value is -3.32. The van der Waals surface area contributed by atoms with E-state index in [4.69, 9.17) is 9.47 Å². The van der Waals surface area contributed by atoms with Gasteiger partial charge in [-0.05, 0) is 86.9 Å². The monoisotopic (exact) mass is 621 g/mol. The predicted octanol–water partition coefficient (Wildman–Crippen LogP) is 5.49. The highest BCUT2D eigenvalue weighted by atomic mass is 33.1. The first-order valence-corrected chi connectivity index (χ1v) is 16.0. The third-order valence-corrected chi connectivity index (χ3v) is 8.18. The number of esters is 2. The number of ether oxygens (including phenoxy) is 2. The number of phenols is 1. The summed E-state index contributed by atoms with van der Waals surface area (Å²) in [6.07, 6.45) is 4.29. The molecular weight excluding hydrogens is 582 g/mol. The predicted molar refractivity (Wildman–Crippen MR) is 162 cm³/mol. The number of phenolic OH excluding ortho intramolecular Hbond substituents is 1. The molecule has 1 aromatic heterocycles. The first kappa shape index (κ1) is 34.9. The summed E-state index contributed by atoms with van der Waals surface area (Å²) in [6.45, 7) is 7.08. The fraction of sp³-hybridized carbons (Fsp3) is 0.517. The van der Waals surface area contributed by atoms with Gasteiger partial charge in [0.05, 0.1) is 4.92 Å². The van der Waals surface area contributed by atoms with Crippen LogP contribution >= 0.6 is 21.6 Å². The second kappa shape index (κ2) is 17.6. The molecule has 1 heterocycles. The minimum atomic E-state index is -0.581. The summed E-state index contributed by atoms with van der Waals surface area (Å²) < 4.78 is 10.6. The lowest BCUT2D eigenvalue weighted by Crippen LogP contribution is -2.35. The quantitative estimate of drug-likeness (QED) is 0.0756. The Morgan fingerprint density at radius 1 is 1.14 bits per heavy atom. The number of aromatic hydroxyl groups is 1. The summed E-state index contributed by atoms with van der Waals surface area (Å²) in [6, 6.07) is 9.78. The van der Waals surface area contributed by atoms with Gasteiger partial charge >= 0.3 is 17.6 Å². The molecule has 0 saturated carbocycles. The lowest BCUT2D eigenvalue weighted by molar-refractivity contribution is -0.388. The van der Waals surface area contributed by atoms with Gasteiger partial charge < -0.3 is 19.9 Å². The summed E-state index contributed by atoms with van der Waals surface area (Å²) in [4.78, 5) is 51.6. The van der Waals surface area contributed by atoms with Crippen LogP contribution in [0.2, 0.25) is 0 Å². The van der Waals surface area contributed by atoms with Crippen LogP contribution in [0.4, 0.5) is 5.69 Å². The minimum absolute atomic E-state index is 0.0783. The van der Waals surface area contributed by atoms with Crippen LogP contribution in [0, 0.1) is 22.0 Å². The van der Waals surface area contributed by atoms with E-state index in [1.54, 1.807) is 19.1 Å². The van der Waals surface area contributed by atoms with Crippen molar-refractivity contribution >= 4 is 45.1 Å². The topological polar surface area (TPSA) is 158 Å². The maximum absolute atomic E-state index is 12.7. The van der Waals surface area contributed by atoms with Crippen molar-refractivity contribution in [3.63, 3.8) is 0 Å². The third-order valence-electron chi connectivity index (χ3n) is 5.93. The molecule has 2 aromatic rings. The van der Waals surface area contributed by atoms with E-state index in [0.29, 0.717) is 31.4 Å². The number of aromatic nitrogens is 1. The highest BCUT2D eigenvalue weighted by Gasteiger charge is 2.22. The molecule has 0 fully saturated rings. The van der Waals surface area contributed by atoms with Gasteiger partial charge in [0, 0.05) is 30.4 Å². The summed E-state index contributed by atoms with van der Waals surface area (Å²) in [7, 11) is 2.40. The van der Waals surface area contributed by atoms with Crippen LogP contribution in [0.25, 0.3) is 0 Å². The lowest BCUT2D eigenvalue weighted by atomic mass is 9.86. The van der Waals surface area contributed by atoms with Crippen molar-refractivity contribution < 1.29 is 33.9 Å². The van der Waals surface area contributed by atoms with Gasteiger partial charge in [0.15, 0.2) is 5.03 Å². The van der Waals surface area contributed by atoms with Crippen LogP contribution in [0.1, 0.15) is 58.9 Å². The van der Waals surface area contributed by atoms with E-state index < -0.39 is 16.5 Å². The molecule has 13 heteroatoms. The van der Waals surface area contributed by atoms with E-state index in [1.165, 1.54) is 29.1 Å². The molecule has 2 N–H and O–H groups in total. The Kier molecular flexibility index (Phi) is 14.6. The lowest BCUT2D eigenvalue weighted by Gasteiger charge is -2.22. The first-order valence-electron chi connectivity index (χ1n) is 13.7. The van der Waals surface area contributed by atoms with Crippen LogP contribution < -0.4 is 5.32 Å². The summed E-state index contributed by atoms with van der Waals surface area (Å²) in [5.41, 5.74) is 0.383. The molecule has 0 aliphatic heterocycles. The minimum Gasteiger partial charge on any atom is -0.508 e. The van der Waals surface area contributed by atoms with E-state index in [2.05, 4.69) is 10.3 Å². The van der Waals surface area contributed by atoms with Crippen LogP contribution in [0.3, 0.4) is 0 Å². The molecule has 0 aliphatic carbocycles. The molecule has 11 nitrogen and oxygen atoms in total. The second-order valence-corrected chi connectivity index (χ2v) is 13.2. The number of pyridine rings is 1. The molecule has 2 atom stereocenters. The second-order valence-electron chi connectivity index (χ2n) is 10.8. The fourth-order valence-corrected chi connectivity index (χ4v) is 5.91. The van der Waals surface area contributed by atoms with Gasteiger partial charge in [-0.1, -0.05) is 29.9 Å². The number of nitro groups is 1. The van der Waals surface area contributed by atoms with E-state index in [9.17, 15) is 29.6 Å². The smallest absolute Gasteiger partial charge is 0.325 e. The van der Waals surface area contributed by atoms with E-state index >= 15 is 0 Å².